The van der Waals surface area contributed by atoms with E-state index in [2.05, 4.69) is 33.4 Å². The van der Waals surface area contributed by atoms with E-state index < -0.39 is 10.5 Å². The lowest BCUT2D eigenvalue weighted by atomic mass is 9.64. The minimum Gasteiger partial charge on any atom is -0.354 e. The van der Waals surface area contributed by atoms with Crippen molar-refractivity contribution in [3.63, 3.8) is 0 Å². The van der Waals surface area contributed by atoms with Crippen molar-refractivity contribution in [2.45, 2.75) is 31.2 Å². The Bertz CT molecular complexity index is 905. The fourth-order valence-corrected chi connectivity index (χ4v) is 3.62. The van der Waals surface area contributed by atoms with Crippen molar-refractivity contribution >= 4 is 27.5 Å². The maximum Gasteiger partial charge on any atom is 0.285 e. The van der Waals surface area contributed by atoms with Crippen LogP contribution in [-0.2, 0) is 16.8 Å². The first kappa shape index (κ1) is 18.3. The van der Waals surface area contributed by atoms with Crippen LogP contribution in [0.4, 0.5) is 5.69 Å². The van der Waals surface area contributed by atoms with Crippen LogP contribution in [0.15, 0.2) is 51.9 Å². The second-order valence-corrected chi connectivity index (χ2v) is 7.45. The Kier molecular flexibility index (Phi) is 5.22. The highest BCUT2D eigenvalue weighted by molar-refractivity contribution is 9.10. The van der Waals surface area contributed by atoms with E-state index >= 15 is 0 Å². The van der Waals surface area contributed by atoms with Crippen LogP contribution < -0.4 is 10.9 Å². The number of nitrogens with one attached hydrogen (secondary N) is 1. The van der Waals surface area contributed by atoms with Crippen molar-refractivity contribution in [3.8, 4) is 0 Å². The quantitative estimate of drug-likeness (QED) is 0.575. The van der Waals surface area contributed by atoms with Crippen LogP contribution in [0, 0.1) is 10.1 Å². The van der Waals surface area contributed by atoms with Crippen molar-refractivity contribution in [3.05, 3.63) is 73.1 Å². The highest BCUT2D eigenvalue weighted by Crippen LogP contribution is 2.43. The van der Waals surface area contributed by atoms with Gasteiger partial charge in [-0.15, -0.1) is 0 Å². The Morgan fingerprint density at radius 2 is 2.08 bits per heavy atom. The highest BCUT2D eigenvalue weighted by atomic mass is 79.9. The van der Waals surface area contributed by atoms with Crippen molar-refractivity contribution in [2.75, 3.05) is 6.54 Å². The minimum absolute atomic E-state index is 0.0902. The lowest BCUT2D eigenvalue weighted by molar-refractivity contribution is -0.385. The van der Waals surface area contributed by atoms with E-state index in [9.17, 15) is 19.7 Å². The normalized spacial score (nSPS) is 15.1. The molecule has 7 nitrogen and oxygen atoms in total. The van der Waals surface area contributed by atoms with Gasteiger partial charge in [-0.3, -0.25) is 24.3 Å². The lowest BCUT2D eigenvalue weighted by Gasteiger charge is -2.42. The van der Waals surface area contributed by atoms with Gasteiger partial charge in [0.15, 0.2) is 0 Å². The minimum atomic E-state index is -0.593. The van der Waals surface area contributed by atoms with Crippen LogP contribution in [-0.4, -0.2) is 21.9 Å². The van der Waals surface area contributed by atoms with E-state index in [4.69, 9.17) is 0 Å². The Morgan fingerprint density at radius 1 is 1.31 bits per heavy atom. The molecule has 1 aromatic heterocycles. The third kappa shape index (κ3) is 3.85. The highest BCUT2D eigenvalue weighted by Gasteiger charge is 2.38. The van der Waals surface area contributed by atoms with Crippen molar-refractivity contribution < 1.29 is 9.72 Å². The number of hydrogen-bond donors (Lipinski definition) is 1. The molecule has 26 heavy (non-hydrogen) atoms. The second kappa shape index (κ2) is 7.41. The Balaban J connectivity index is 1.68. The first-order chi connectivity index (χ1) is 12.4. The molecule has 0 aliphatic heterocycles. The molecule has 1 amide bonds. The smallest absolute Gasteiger partial charge is 0.285 e. The number of benzene rings is 1. The molecule has 1 fully saturated rings. The van der Waals surface area contributed by atoms with Crippen molar-refractivity contribution in [2.24, 2.45) is 0 Å². The number of halogens is 1. The number of aromatic nitrogens is 1. The topological polar surface area (TPSA) is 94.2 Å². The summed E-state index contributed by atoms with van der Waals surface area (Å²) in [4.78, 5) is 34.3. The first-order valence-electron chi connectivity index (χ1n) is 8.27. The van der Waals surface area contributed by atoms with Crippen LogP contribution in [0.1, 0.15) is 24.8 Å². The summed E-state index contributed by atoms with van der Waals surface area (Å²) in [5.74, 6) is -0.339. The van der Waals surface area contributed by atoms with E-state index in [1.54, 1.807) is 0 Å². The molecule has 1 saturated carbocycles. The van der Waals surface area contributed by atoms with Gasteiger partial charge in [0.05, 0.1) is 11.1 Å². The van der Waals surface area contributed by atoms with Crippen LogP contribution >= 0.6 is 15.9 Å². The van der Waals surface area contributed by atoms with Gasteiger partial charge >= 0.3 is 0 Å². The molecular formula is C18H18BrN3O4. The zero-order chi connectivity index (χ0) is 18.7. The summed E-state index contributed by atoms with van der Waals surface area (Å²) in [6, 6.07) is 10.3. The molecule has 1 aliphatic carbocycles. The summed E-state index contributed by atoms with van der Waals surface area (Å²) in [6.45, 7) is 0.237. The maximum atomic E-state index is 12.3. The molecule has 0 unspecified atom stereocenters. The molecule has 8 heteroatoms. The SMILES string of the molecule is O=C(Cn1cc([N+](=O)[O-])ccc1=O)NCC1(c2cccc(Br)c2)CCC1. The molecule has 136 valence electrons. The van der Waals surface area contributed by atoms with Gasteiger partial charge in [-0.05, 0) is 30.5 Å². The van der Waals surface area contributed by atoms with Gasteiger partial charge in [-0.25, -0.2) is 0 Å². The third-order valence-electron chi connectivity index (χ3n) is 4.86. The number of amides is 1. The summed E-state index contributed by atoms with van der Waals surface area (Å²) in [5, 5.41) is 13.7. The van der Waals surface area contributed by atoms with Gasteiger partial charge < -0.3 is 5.32 Å². The molecule has 0 radical (unpaired) electrons. The summed E-state index contributed by atoms with van der Waals surface area (Å²) < 4.78 is 2.05. The zero-order valence-corrected chi connectivity index (χ0v) is 15.6. The molecule has 1 aliphatic rings. The van der Waals surface area contributed by atoms with Gasteiger partial charge in [0.1, 0.15) is 6.54 Å². The predicted octanol–water partition coefficient (Wildman–Crippen LogP) is 2.76. The van der Waals surface area contributed by atoms with Gasteiger partial charge in [0.25, 0.3) is 11.2 Å². The van der Waals surface area contributed by atoms with E-state index in [1.807, 2.05) is 12.1 Å². The number of nitrogens with zero attached hydrogens (tertiary/aromatic N) is 2. The molecular weight excluding hydrogens is 402 g/mol. The molecule has 1 aromatic carbocycles. The number of carbonyl (C=O) groups excluding carboxylic acids is 1. The van der Waals surface area contributed by atoms with E-state index in [0.29, 0.717) is 6.54 Å². The third-order valence-corrected chi connectivity index (χ3v) is 5.36. The van der Waals surface area contributed by atoms with Gasteiger partial charge in [-0.1, -0.05) is 34.5 Å². The Morgan fingerprint density at radius 3 is 2.69 bits per heavy atom. The average Bonchev–Trinajstić information content (AvgIpc) is 2.56. The summed E-state index contributed by atoms with van der Waals surface area (Å²) >= 11 is 3.48. The standard InChI is InChI=1S/C18H18BrN3O4/c19-14-4-1-3-13(9-14)18(7-2-8-18)12-20-16(23)11-21-10-15(22(25)26)5-6-17(21)24/h1,3-6,9-10H,2,7-8,11-12H2,(H,20,23). The monoisotopic (exact) mass is 419 g/mol. The van der Waals surface area contributed by atoms with Crippen LogP contribution in [0.2, 0.25) is 0 Å². The Labute approximate surface area is 158 Å². The molecule has 1 heterocycles. The average molecular weight is 420 g/mol. The zero-order valence-electron chi connectivity index (χ0n) is 14.0. The summed E-state index contributed by atoms with van der Waals surface area (Å²) in [5.41, 5.74) is 0.414. The van der Waals surface area contributed by atoms with Crippen molar-refractivity contribution in [1.82, 2.24) is 9.88 Å². The molecule has 0 saturated heterocycles. The molecule has 0 spiro atoms. The predicted molar refractivity (Wildman–Crippen MR) is 100 cm³/mol. The molecule has 2 aromatic rings. The largest absolute Gasteiger partial charge is 0.354 e. The Hall–Kier alpha value is -2.48. The van der Waals surface area contributed by atoms with Gasteiger partial charge in [0, 0.05) is 28.6 Å². The van der Waals surface area contributed by atoms with E-state index in [0.717, 1.165) is 46.6 Å². The fourth-order valence-electron chi connectivity index (χ4n) is 3.22. The fraction of sp³-hybridized carbons (Fsp3) is 0.333. The number of nitro groups is 1. The maximum absolute atomic E-state index is 12.3. The van der Waals surface area contributed by atoms with Crippen LogP contribution in [0.3, 0.4) is 0 Å². The van der Waals surface area contributed by atoms with Gasteiger partial charge in [0.2, 0.25) is 5.91 Å². The molecule has 0 atom stereocenters. The summed E-state index contributed by atoms with van der Waals surface area (Å²) in [7, 11) is 0. The second-order valence-electron chi connectivity index (χ2n) is 6.53. The number of carbonyl (C=O) groups is 1. The number of hydrogen-bond acceptors (Lipinski definition) is 4. The number of rotatable bonds is 6. The number of pyridine rings is 1. The van der Waals surface area contributed by atoms with E-state index in [-0.39, 0.29) is 23.6 Å². The van der Waals surface area contributed by atoms with E-state index in [1.165, 1.54) is 5.56 Å². The first-order valence-corrected chi connectivity index (χ1v) is 9.07. The molecule has 0 bridgehead atoms. The van der Waals surface area contributed by atoms with Crippen molar-refractivity contribution in [1.29, 1.82) is 0 Å². The van der Waals surface area contributed by atoms with Crippen LogP contribution in [0.5, 0.6) is 0 Å². The summed E-state index contributed by atoms with van der Waals surface area (Å²) in [6.07, 6.45) is 4.17. The molecule has 1 N–H and O–H groups in total. The van der Waals surface area contributed by atoms with Crippen LogP contribution in [0.25, 0.3) is 0 Å². The lowest BCUT2D eigenvalue weighted by Crippen LogP contribution is -2.46. The molecule has 3 rings (SSSR count). The van der Waals surface area contributed by atoms with Gasteiger partial charge in [-0.2, -0.15) is 0 Å².